The van der Waals surface area contributed by atoms with E-state index in [1.807, 2.05) is 13.2 Å². The van der Waals surface area contributed by atoms with Crippen molar-refractivity contribution in [3.8, 4) is 0 Å². The van der Waals surface area contributed by atoms with Crippen molar-refractivity contribution in [3.63, 3.8) is 0 Å². The molecule has 0 saturated heterocycles. The lowest BCUT2D eigenvalue weighted by Gasteiger charge is -2.24. The number of hydrogen-bond acceptors (Lipinski definition) is 2. The van der Waals surface area contributed by atoms with Crippen LogP contribution in [0.3, 0.4) is 0 Å². The Kier molecular flexibility index (Phi) is 3.48. The highest BCUT2D eigenvalue weighted by Gasteiger charge is 2.25. The molecule has 0 saturated carbocycles. The molecule has 1 aromatic carbocycles. The third-order valence-electron chi connectivity index (χ3n) is 3.11. The van der Waals surface area contributed by atoms with Crippen LogP contribution in [0.15, 0.2) is 36.7 Å². The van der Waals surface area contributed by atoms with E-state index in [-0.39, 0.29) is 5.82 Å². The second-order valence-electron chi connectivity index (χ2n) is 4.78. The molecule has 96 valence electrons. The minimum absolute atomic E-state index is 0.342. The Bertz CT molecular complexity index is 534. The van der Waals surface area contributed by atoms with Crippen molar-refractivity contribution >= 4 is 0 Å². The average molecular weight is 248 g/mol. The number of hydrogen-bond donors (Lipinski definition) is 1. The fourth-order valence-electron chi connectivity index (χ4n) is 2.02. The zero-order valence-corrected chi connectivity index (χ0v) is 10.6. The number of nitrogens with zero attached hydrogens (tertiary/aromatic N) is 2. The number of rotatable bonds is 4. The predicted octanol–water partition coefficient (Wildman–Crippen LogP) is 2.40. The van der Waals surface area contributed by atoms with Crippen molar-refractivity contribution in [2.24, 2.45) is 7.05 Å². The lowest BCUT2D eigenvalue weighted by molar-refractivity contribution is 0.0443. The Morgan fingerprint density at radius 3 is 2.72 bits per heavy atom. The molecule has 2 rings (SSSR count). The van der Waals surface area contributed by atoms with Crippen LogP contribution in [0.1, 0.15) is 24.5 Å². The van der Waals surface area contributed by atoms with Crippen molar-refractivity contribution in [2.45, 2.75) is 25.4 Å². The fourth-order valence-corrected chi connectivity index (χ4v) is 2.02. The van der Waals surface area contributed by atoms with E-state index in [4.69, 9.17) is 0 Å². The number of halogens is 1. The summed E-state index contributed by atoms with van der Waals surface area (Å²) in [7, 11) is 1.85. The number of benzene rings is 1. The molecule has 1 atom stereocenters. The summed E-state index contributed by atoms with van der Waals surface area (Å²) in [6.45, 7) is 1.64. The van der Waals surface area contributed by atoms with E-state index in [0.717, 1.165) is 5.56 Å². The molecule has 0 amide bonds. The molecule has 1 aromatic heterocycles. The van der Waals surface area contributed by atoms with Crippen LogP contribution in [0.2, 0.25) is 0 Å². The van der Waals surface area contributed by atoms with E-state index in [1.165, 1.54) is 6.07 Å². The van der Waals surface area contributed by atoms with Gasteiger partial charge in [0, 0.05) is 18.8 Å². The Balaban J connectivity index is 2.10. The SMILES string of the molecule is Cn1cc(CCC(C)(O)c2ccccc2F)cn1. The molecule has 18 heavy (non-hydrogen) atoms. The molecule has 0 bridgehead atoms. The summed E-state index contributed by atoms with van der Waals surface area (Å²) in [5.74, 6) is -0.367. The van der Waals surface area contributed by atoms with Crippen molar-refractivity contribution in [3.05, 3.63) is 53.6 Å². The first-order valence-electron chi connectivity index (χ1n) is 5.94. The van der Waals surface area contributed by atoms with Crippen LogP contribution in [0.5, 0.6) is 0 Å². The molecular formula is C14H17FN2O. The van der Waals surface area contributed by atoms with Crippen molar-refractivity contribution in [1.29, 1.82) is 0 Å². The Hall–Kier alpha value is -1.68. The smallest absolute Gasteiger partial charge is 0.129 e. The molecule has 3 nitrogen and oxygen atoms in total. The van der Waals surface area contributed by atoms with E-state index >= 15 is 0 Å². The van der Waals surface area contributed by atoms with Gasteiger partial charge in [-0.05, 0) is 31.4 Å². The van der Waals surface area contributed by atoms with Gasteiger partial charge in [-0.2, -0.15) is 5.10 Å². The number of aliphatic hydroxyl groups is 1. The van der Waals surface area contributed by atoms with Gasteiger partial charge in [0.25, 0.3) is 0 Å². The summed E-state index contributed by atoms with van der Waals surface area (Å²) < 4.78 is 15.4. The fraction of sp³-hybridized carbons (Fsp3) is 0.357. The van der Waals surface area contributed by atoms with Crippen molar-refractivity contribution in [1.82, 2.24) is 9.78 Å². The molecular weight excluding hydrogens is 231 g/mol. The molecule has 0 fully saturated rings. The lowest BCUT2D eigenvalue weighted by atomic mass is 9.89. The summed E-state index contributed by atoms with van der Waals surface area (Å²) in [5, 5.41) is 14.4. The summed E-state index contributed by atoms with van der Waals surface area (Å²) in [6, 6.07) is 6.35. The van der Waals surface area contributed by atoms with Gasteiger partial charge in [-0.3, -0.25) is 4.68 Å². The van der Waals surface area contributed by atoms with Gasteiger partial charge in [0.05, 0.1) is 11.8 Å². The first-order valence-corrected chi connectivity index (χ1v) is 5.94. The second kappa shape index (κ2) is 4.90. The molecule has 1 N–H and O–H groups in total. The molecule has 1 unspecified atom stereocenters. The number of aryl methyl sites for hydroxylation is 2. The van der Waals surface area contributed by atoms with Gasteiger partial charge in [-0.1, -0.05) is 18.2 Å². The van der Waals surface area contributed by atoms with E-state index in [2.05, 4.69) is 5.10 Å². The molecule has 0 spiro atoms. The maximum atomic E-state index is 13.6. The molecule has 0 aliphatic heterocycles. The quantitative estimate of drug-likeness (QED) is 0.902. The Morgan fingerprint density at radius 2 is 2.11 bits per heavy atom. The van der Waals surface area contributed by atoms with Crippen LogP contribution in [0.4, 0.5) is 4.39 Å². The van der Waals surface area contributed by atoms with Crippen molar-refractivity contribution < 1.29 is 9.50 Å². The van der Waals surface area contributed by atoms with E-state index in [1.54, 1.807) is 36.0 Å². The highest BCUT2D eigenvalue weighted by atomic mass is 19.1. The maximum Gasteiger partial charge on any atom is 0.129 e. The van der Waals surface area contributed by atoms with E-state index in [0.29, 0.717) is 18.4 Å². The van der Waals surface area contributed by atoms with Gasteiger partial charge in [0.1, 0.15) is 5.82 Å². The molecule has 4 heteroatoms. The zero-order chi connectivity index (χ0) is 13.2. The molecule has 0 aliphatic rings. The van der Waals surface area contributed by atoms with Crippen LogP contribution in [-0.2, 0) is 19.1 Å². The summed E-state index contributed by atoms with van der Waals surface area (Å²) >= 11 is 0. The minimum Gasteiger partial charge on any atom is -0.385 e. The Morgan fingerprint density at radius 1 is 1.39 bits per heavy atom. The first-order chi connectivity index (χ1) is 8.49. The van der Waals surface area contributed by atoms with Gasteiger partial charge >= 0.3 is 0 Å². The highest BCUT2D eigenvalue weighted by Crippen LogP contribution is 2.28. The monoisotopic (exact) mass is 248 g/mol. The van der Waals surface area contributed by atoms with Crippen LogP contribution in [0, 0.1) is 5.82 Å². The molecule has 1 heterocycles. The van der Waals surface area contributed by atoms with Gasteiger partial charge in [-0.15, -0.1) is 0 Å². The predicted molar refractivity (Wildman–Crippen MR) is 67.5 cm³/mol. The third kappa shape index (κ3) is 2.76. The molecule has 0 aliphatic carbocycles. The third-order valence-corrected chi connectivity index (χ3v) is 3.11. The van der Waals surface area contributed by atoms with Gasteiger partial charge in [-0.25, -0.2) is 4.39 Å². The topological polar surface area (TPSA) is 38.0 Å². The largest absolute Gasteiger partial charge is 0.385 e. The van der Waals surface area contributed by atoms with Gasteiger partial charge < -0.3 is 5.11 Å². The standard InChI is InChI=1S/C14H17FN2O/c1-14(18,12-5-3-4-6-13(12)15)8-7-11-9-16-17(2)10-11/h3-6,9-10,18H,7-8H2,1-2H3. The summed E-state index contributed by atoms with van der Waals surface area (Å²) in [5.41, 5.74) is 0.212. The highest BCUT2D eigenvalue weighted by molar-refractivity contribution is 5.24. The summed E-state index contributed by atoms with van der Waals surface area (Å²) in [4.78, 5) is 0. The zero-order valence-electron chi connectivity index (χ0n) is 10.6. The number of aromatic nitrogens is 2. The van der Waals surface area contributed by atoms with Crippen LogP contribution in [-0.4, -0.2) is 14.9 Å². The van der Waals surface area contributed by atoms with Gasteiger partial charge in [0.15, 0.2) is 0 Å². The average Bonchev–Trinajstić information content (AvgIpc) is 2.73. The van der Waals surface area contributed by atoms with Crippen molar-refractivity contribution in [2.75, 3.05) is 0 Å². The maximum absolute atomic E-state index is 13.6. The lowest BCUT2D eigenvalue weighted by Crippen LogP contribution is -2.23. The normalized spacial score (nSPS) is 14.4. The second-order valence-corrected chi connectivity index (χ2v) is 4.78. The minimum atomic E-state index is -1.17. The first kappa shape index (κ1) is 12.8. The van der Waals surface area contributed by atoms with E-state index < -0.39 is 5.60 Å². The van der Waals surface area contributed by atoms with Gasteiger partial charge in [0.2, 0.25) is 0 Å². The van der Waals surface area contributed by atoms with Crippen LogP contribution in [0.25, 0.3) is 0 Å². The van der Waals surface area contributed by atoms with E-state index in [9.17, 15) is 9.50 Å². The summed E-state index contributed by atoms with van der Waals surface area (Å²) in [6.07, 6.45) is 4.78. The van der Waals surface area contributed by atoms with Crippen LogP contribution >= 0.6 is 0 Å². The Labute approximate surface area is 106 Å². The van der Waals surface area contributed by atoms with Crippen LogP contribution < -0.4 is 0 Å². The molecule has 2 aromatic rings. The molecule has 0 radical (unpaired) electrons.